The summed E-state index contributed by atoms with van der Waals surface area (Å²) in [7, 11) is 1.72. The van der Waals surface area contributed by atoms with Gasteiger partial charge in [-0.3, -0.25) is 0 Å². The maximum absolute atomic E-state index is 6.62. The summed E-state index contributed by atoms with van der Waals surface area (Å²) < 4.78 is 6.15. The summed E-state index contributed by atoms with van der Waals surface area (Å²) in [6.07, 6.45) is 0.930. The molecule has 0 saturated heterocycles. The molecule has 0 aliphatic heterocycles. The molecule has 0 aliphatic rings. The Morgan fingerprint density at radius 2 is 1.85 bits per heavy atom. The van der Waals surface area contributed by atoms with Gasteiger partial charge in [0, 0.05) is 11.6 Å². The molecule has 2 aromatic rings. The van der Waals surface area contributed by atoms with Crippen LogP contribution >= 0.6 is 27.5 Å². The number of halogens is 2. The molecule has 1 nitrogen and oxygen atoms in total. The molecule has 0 saturated carbocycles. The third-order valence-electron chi connectivity index (χ3n) is 3.38. The van der Waals surface area contributed by atoms with E-state index in [0.717, 1.165) is 28.6 Å². The van der Waals surface area contributed by atoms with Gasteiger partial charge in [-0.2, -0.15) is 0 Å². The van der Waals surface area contributed by atoms with Crippen LogP contribution in [0.2, 0.25) is 0 Å². The average molecular weight is 354 g/mol. The molecule has 0 aliphatic carbocycles. The summed E-state index contributed by atoms with van der Waals surface area (Å²) in [5, 5.41) is -0.121. The molecule has 20 heavy (non-hydrogen) atoms. The van der Waals surface area contributed by atoms with E-state index >= 15 is 0 Å². The third kappa shape index (κ3) is 3.85. The molecule has 0 amide bonds. The van der Waals surface area contributed by atoms with Gasteiger partial charge in [-0.15, -0.1) is 11.6 Å². The Hall–Kier alpha value is -0.830. The lowest BCUT2D eigenvalue weighted by Gasteiger charge is -2.14. The molecule has 0 radical (unpaired) electrons. The summed E-state index contributed by atoms with van der Waals surface area (Å²) in [5.41, 5.74) is 4.74. The SMILES string of the molecule is COCCc1ccc(C(Cl)c2cc(Br)ccc2C)cc1. The Balaban J connectivity index is 2.20. The van der Waals surface area contributed by atoms with E-state index in [2.05, 4.69) is 59.3 Å². The number of alkyl halides is 1. The molecule has 2 rings (SSSR count). The van der Waals surface area contributed by atoms with Crippen molar-refractivity contribution in [3.8, 4) is 0 Å². The number of rotatable bonds is 5. The minimum absolute atomic E-state index is 0.121. The van der Waals surface area contributed by atoms with Crippen LogP contribution in [0.4, 0.5) is 0 Å². The number of aryl methyl sites for hydroxylation is 1. The van der Waals surface area contributed by atoms with Gasteiger partial charge < -0.3 is 4.74 Å². The van der Waals surface area contributed by atoms with Crippen molar-refractivity contribution in [1.29, 1.82) is 0 Å². The molecule has 1 atom stereocenters. The van der Waals surface area contributed by atoms with Crippen LogP contribution in [0.15, 0.2) is 46.9 Å². The minimum atomic E-state index is -0.121. The Bertz CT molecular complexity index is 566. The lowest BCUT2D eigenvalue weighted by Crippen LogP contribution is -1.98. The van der Waals surface area contributed by atoms with Crippen LogP contribution in [0.25, 0.3) is 0 Å². The Labute approximate surface area is 134 Å². The first-order valence-corrected chi connectivity index (χ1v) is 7.82. The fourth-order valence-electron chi connectivity index (χ4n) is 2.14. The van der Waals surface area contributed by atoms with E-state index in [0.29, 0.717) is 0 Å². The van der Waals surface area contributed by atoms with E-state index < -0.39 is 0 Å². The van der Waals surface area contributed by atoms with Crippen LogP contribution in [0.3, 0.4) is 0 Å². The monoisotopic (exact) mass is 352 g/mol. The normalized spacial score (nSPS) is 12.4. The summed E-state index contributed by atoms with van der Waals surface area (Å²) in [5.74, 6) is 0. The van der Waals surface area contributed by atoms with Crippen LogP contribution in [-0.2, 0) is 11.2 Å². The van der Waals surface area contributed by atoms with E-state index in [9.17, 15) is 0 Å². The molecule has 106 valence electrons. The highest BCUT2D eigenvalue weighted by Gasteiger charge is 2.13. The second-order valence-corrected chi connectivity index (χ2v) is 6.20. The molecule has 2 aromatic carbocycles. The summed E-state index contributed by atoms with van der Waals surface area (Å²) >= 11 is 10.1. The Morgan fingerprint density at radius 3 is 2.50 bits per heavy atom. The van der Waals surface area contributed by atoms with Crippen molar-refractivity contribution in [2.24, 2.45) is 0 Å². The topological polar surface area (TPSA) is 9.23 Å². The maximum atomic E-state index is 6.62. The standard InChI is InChI=1S/C17H18BrClO/c1-12-3-8-15(18)11-16(12)17(19)14-6-4-13(5-7-14)9-10-20-2/h3-8,11,17H,9-10H2,1-2H3. The van der Waals surface area contributed by atoms with Crippen LogP contribution in [0.5, 0.6) is 0 Å². The first kappa shape index (κ1) is 15.6. The number of methoxy groups -OCH3 is 1. The van der Waals surface area contributed by atoms with Gasteiger partial charge in [-0.05, 0) is 47.7 Å². The smallest absolute Gasteiger partial charge is 0.0838 e. The van der Waals surface area contributed by atoms with Gasteiger partial charge in [0.25, 0.3) is 0 Å². The second kappa shape index (κ2) is 7.26. The molecule has 0 bridgehead atoms. The van der Waals surface area contributed by atoms with Crippen molar-refractivity contribution in [2.75, 3.05) is 13.7 Å². The van der Waals surface area contributed by atoms with Crippen molar-refractivity contribution >= 4 is 27.5 Å². The van der Waals surface area contributed by atoms with Crippen LogP contribution in [-0.4, -0.2) is 13.7 Å². The average Bonchev–Trinajstić information content (AvgIpc) is 2.47. The van der Waals surface area contributed by atoms with E-state index in [1.54, 1.807) is 7.11 Å². The van der Waals surface area contributed by atoms with E-state index in [-0.39, 0.29) is 5.38 Å². The van der Waals surface area contributed by atoms with Gasteiger partial charge in [0.05, 0.1) is 12.0 Å². The largest absolute Gasteiger partial charge is 0.384 e. The fraction of sp³-hybridized carbons (Fsp3) is 0.294. The van der Waals surface area contributed by atoms with Crippen molar-refractivity contribution in [1.82, 2.24) is 0 Å². The van der Waals surface area contributed by atoms with Crippen molar-refractivity contribution in [3.05, 3.63) is 69.2 Å². The Morgan fingerprint density at radius 1 is 1.15 bits per heavy atom. The zero-order valence-electron chi connectivity index (χ0n) is 11.7. The number of benzene rings is 2. The van der Waals surface area contributed by atoms with Gasteiger partial charge in [0.15, 0.2) is 0 Å². The fourth-order valence-corrected chi connectivity index (χ4v) is 2.90. The van der Waals surface area contributed by atoms with E-state index in [1.165, 1.54) is 11.1 Å². The number of ether oxygens (including phenoxy) is 1. The first-order chi connectivity index (χ1) is 9.61. The highest BCUT2D eigenvalue weighted by molar-refractivity contribution is 9.10. The van der Waals surface area contributed by atoms with Gasteiger partial charge in [-0.1, -0.05) is 46.3 Å². The Kier molecular flexibility index (Phi) is 5.64. The van der Waals surface area contributed by atoms with E-state index in [4.69, 9.17) is 16.3 Å². The predicted molar refractivity (Wildman–Crippen MR) is 88.6 cm³/mol. The zero-order valence-corrected chi connectivity index (χ0v) is 14.0. The summed E-state index contributed by atoms with van der Waals surface area (Å²) in [6, 6.07) is 14.7. The molecule has 0 spiro atoms. The summed E-state index contributed by atoms with van der Waals surface area (Å²) in [6.45, 7) is 2.83. The van der Waals surface area contributed by atoms with Crippen molar-refractivity contribution in [3.63, 3.8) is 0 Å². The lowest BCUT2D eigenvalue weighted by molar-refractivity contribution is 0.202. The number of hydrogen-bond acceptors (Lipinski definition) is 1. The predicted octanol–water partition coefficient (Wildman–Crippen LogP) is 5.27. The van der Waals surface area contributed by atoms with Crippen LogP contribution in [0, 0.1) is 6.92 Å². The first-order valence-electron chi connectivity index (χ1n) is 6.59. The van der Waals surface area contributed by atoms with Crippen molar-refractivity contribution in [2.45, 2.75) is 18.7 Å². The molecular weight excluding hydrogens is 336 g/mol. The quantitative estimate of drug-likeness (QED) is 0.665. The molecule has 0 aromatic heterocycles. The maximum Gasteiger partial charge on any atom is 0.0838 e. The van der Waals surface area contributed by atoms with Gasteiger partial charge in [0.2, 0.25) is 0 Å². The molecule has 0 heterocycles. The molecule has 1 unspecified atom stereocenters. The highest BCUT2D eigenvalue weighted by Crippen LogP contribution is 2.32. The van der Waals surface area contributed by atoms with Gasteiger partial charge >= 0.3 is 0 Å². The lowest BCUT2D eigenvalue weighted by atomic mass is 9.99. The molecule has 0 N–H and O–H groups in total. The number of hydrogen-bond donors (Lipinski definition) is 0. The summed E-state index contributed by atoms with van der Waals surface area (Å²) in [4.78, 5) is 0. The highest BCUT2D eigenvalue weighted by atomic mass is 79.9. The van der Waals surface area contributed by atoms with Gasteiger partial charge in [0.1, 0.15) is 0 Å². The van der Waals surface area contributed by atoms with Crippen LogP contribution in [0.1, 0.15) is 27.6 Å². The molecule has 3 heteroatoms. The van der Waals surface area contributed by atoms with Crippen LogP contribution < -0.4 is 0 Å². The molecule has 0 fully saturated rings. The van der Waals surface area contributed by atoms with Gasteiger partial charge in [-0.25, -0.2) is 0 Å². The minimum Gasteiger partial charge on any atom is -0.384 e. The third-order valence-corrected chi connectivity index (χ3v) is 4.36. The van der Waals surface area contributed by atoms with E-state index in [1.807, 2.05) is 6.07 Å². The van der Waals surface area contributed by atoms with Crippen molar-refractivity contribution < 1.29 is 4.74 Å². The second-order valence-electron chi connectivity index (χ2n) is 4.85. The molecular formula is C17H18BrClO. The zero-order chi connectivity index (χ0) is 14.5.